The third-order valence-corrected chi connectivity index (χ3v) is 4.34. The number of benzene rings is 1. The van der Waals surface area contributed by atoms with Crippen LogP contribution in [0.15, 0.2) is 24.3 Å². The lowest BCUT2D eigenvalue weighted by molar-refractivity contribution is -0.103. The van der Waals surface area contributed by atoms with E-state index in [0.29, 0.717) is 6.61 Å². The van der Waals surface area contributed by atoms with Crippen molar-refractivity contribution < 1.29 is 9.84 Å². The maximum absolute atomic E-state index is 10.8. The average molecular weight is 276 g/mol. The Morgan fingerprint density at radius 1 is 1.25 bits per heavy atom. The summed E-state index contributed by atoms with van der Waals surface area (Å²) in [5.41, 5.74) is 2.15. The quantitative estimate of drug-likeness (QED) is 0.908. The first-order chi connectivity index (χ1) is 9.32. The molecule has 0 radical (unpaired) electrons. The van der Waals surface area contributed by atoms with E-state index in [9.17, 15) is 5.11 Å². The molecule has 1 aliphatic heterocycles. The third-order valence-electron chi connectivity index (χ3n) is 4.34. The maximum Gasteiger partial charge on any atom is 0.0734 e. The molecule has 2 unspecified atom stereocenters. The molecule has 2 nitrogen and oxygen atoms in total. The molecule has 0 aromatic heterocycles. The van der Waals surface area contributed by atoms with Gasteiger partial charge in [-0.25, -0.2) is 0 Å². The Bertz CT molecular complexity index is 430. The summed E-state index contributed by atoms with van der Waals surface area (Å²) < 4.78 is 5.66. The molecular formula is C18H28O2. The van der Waals surface area contributed by atoms with Crippen LogP contribution in [-0.2, 0) is 16.6 Å². The fourth-order valence-electron chi connectivity index (χ4n) is 2.93. The van der Waals surface area contributed by atoms with Crippen molar-refractivity contribution >= 4 is 0 Å². The van der Waals surface area contributed by atoms with Gasteiger partial charge in [-0.15, -0.1) is 0 Å². The number of rotatable bonds is 3. The van der Waals surface area contributed by atoms with Crippen molar-refractivity contribution in [3.05, 3.63) is 35.4 Å². The van der Waals surface area contributed by atoms with Crippen LogP contribution in [0.25, 0.3) is 0 Å². The fraction of sp³-hybridized carbons (Fsp3) is 0.667. The topological polar surface area (TPSA) is 29.5 Å². The van der Waals surface area contributed by atoms with E-state index in [1.165, 1.54) is 11.1 Å². The van der Waals surface area contributed by atoms with Crippen molar-refractivity contribution in [2.75, 3.05) is 6.61 Å². The van der Waals surface area contributed by atoms with Gasteiger partial charge in [0.2, 0.25) is 0 Å². The molecule has 1 aromatic rings. The molecule has 1 aromatic carbocycles. The van der Waals surface area contributed by atoms with Crippen molar-refractivity contribution in [2.24, 2.45) is 0 Å². The van der Waals surface area contributed by atoms with Gasteiger partial charge in [0.25, 0.3) is 0 Å². The van der Waals surface area contributed by atoms with Gasteiger partial charge >= 0.3 is 0 Å². The molecule has 1 heterocycles. The second kappa shape index (κ2) is 5.87. The van der Waals surface area contributed by atoms with Crippen LogP contribution in [0.1, 0.15) is 58.1 Å². The summed E-state index contributed by atoms with van der Waals surface area (Å²) in [4.78, 5) is 0. The number of ether oxygens (including phenoxy) is 1. The molecule has 0 bridgehead atoms. The summed E-state index contributed by atoms with van der Waals surface area (Å²) in [6.45, 7) is 9.46. The minimum Gasteiger partial charge on any atom is -0.389 e. The lowest BCUT2D eigenvalue weighted by atomic mass is 9.82. The SMILES string of the molecule is CCC1CC(O)(Cc2ccc(C(C)(C)C)cc2)CCO1. The molecule has 0 aliphatic carbocycles. The Morgan fingerprint density at radius 2 is 1.90 bits per heavy atom. The summed E-state index contributed by atoms with van der Waals surface area (Å²) in [6, 6.07) is 8.70. The van der Waals surface area contributed by atoms with Gasteiger partial charge in [-0.1, -0.05) is 52.0 Å². The second-order valence-corrected chi connectivity index (χ2v) is 7.20. The Kier molecular flexibility index (Phi) is 4.55. The molecule has 0 spiro atoms. The van der Waals surface area contributed by atoms with E-state index < -0.39 is 5.60 Å². The van der Waals surface area contributed by atoms with Gasteiger partial charge in [0, 0.05) is 19.4 Å². The lowest BCUT2D eigenvalue weighted by Crippen LogP contribution is -2.42. The highest BCUT2D eigenvalue weighted by molar-refractivity contribution is 5.28. The molecule has 0 amide bonds. The summed E-state index contributed by atoms with van der Waals surface area (Å²) >= 11 is 0. The highest BCUT2D eigenvalue weighted by Gasteiger charge is 2.34. The largest absolute Gasteiger partial charge is 0.389 e. The Labute approximate surface area is 123 Å². The van der Waals surface area contributed by atoms with Crippen LogP contribution in [0.2, 0.25) is 0 Å². The molecule has 1 aliphatic rings. The molecule has 112 valence electrons. The minimum atomic E-state index is -0.595. The molecule has 2 rings (SSSR count). The lowest BCUT2D eigenvalue weighted by Gasteiger charge is -2.37. The van der Waals surface area contributed by atoms with Crippen molar-refractivity contribution in [3.8, 4) is 0 Å². The molecular weight excluding hydrogens is 248 g/mol. The van der Waals surface area contributed by atoms with Gasteiger partial charge in [0.15, 0.2) is 0 Å². The molecule has 2 heteroatoms. The van der Waals surface area contributed by atoms with Crippen LogP contribution >= 0.6 is 0 Å². The predicted octanol–water partition coefficient (Wildman–Crippen LogP) is 3.85. The zero-order chi connectivity index (χ0) is 14.8. The number of aliphatic hydroxyl groups is 1. The van der Waals surface area contributed by atoms with Gasteiger partial charge in [0.1, 0.15) is 0 Å². The van der Waals surface area contributed by atoms with Crippen LogP contribution < -0.4 is 0 Å². The first-order valence-corrected chi connectivity index (χ1v) is 7.76. The van der Waals surface area contributed by atoms with Crippen LogP contribution in [0.4, 0.5) is 0 Å². The summed E-state index contributed by atoms with van der Waals surface area (Å²) in [5, 5.41) is 10.8. The van der Waals surface area contributed by atoms with Crippen molar-refractivity contribution in [1.82, 2.24) is 0 Å². The molecule has 20 heavy (non-hydrogen) atoms. The van der Waals surface area contributed by atoms with E-state index in [2.05, 4.69) is 52.0 Å². The van der Waals surface area contributed by atoms with E-state index in [1.54, 1.807) is 0 Å². The summed E-state index contributed by atoms with van der Waals surface area (Å²) in [6.07, 6.45) is 3.42. The number of hydrogen-bond acceptors (Lipinski definition) is 2. The fourth-order valence-corrected chi connectivity index (χ4v) is 2.93. The standard InChI is InChI=1S/C18H28O2/c1-5-16-13-18(19,10-11-20-16)12-14-6-8-15(9-7-14)17(2,3)4/h6-9,16,19H,5,10-13H2,1-4H3. The molecule has 1 saturated heterocycles. The second-order valence-electron chi connectivity index (χ2n) is 7.20. The van der Waals surface area contributed by atoms with E-state index in [0.717, 1.165) is 25.7 Å². The Morgan fingerprint density at radius 3 is 2.45 bits per heavy atom. The van der Waals surface area contributed by atoms with Gasteiger partial charge in [-0.05, 0) is 29.4 Å². The van der Waals surface area contributed by atoms with Crippen LogP contribution in [-0.4, -0.2) is 23.4 Å². The normalized spacial score (nSPS) is 27.6. The van der Waals surface area contributed by atoms with Gasteiger partial charge in [-0.3, -0.25) is 0 Å². The van der Waals surface area contributed by atoms with Crippen molar-refractivity contribution in [2.45, 2.75) is 70.5 Å². The van der Waals surface area contributed by atoms with E-state index in [1.807, 2.05) is 0 Å². The van der Waals surface area contributed by atoms with Crippen LogP contribution in [0, 0.1) is 0 Å². The third kappa shape index (κ3) is 3.83. The number of hydrogen-bond donors (Lipinski definition) is 1. The van der Waals surface area contributed by atoms with Crippen LogP contribution in [0.3, 0.4) is 0 Å². The first kappa shape index (κ1) is 15.5. The molecule has 1 fully saturated rings. The monoisotopic (exact) mass is 276 g/mol. The maximum atomic E-state index is 10.8. The Hall–Kier alpha value is -0.860. The first-order valence-electron chi connectivity index (χ1n) is 7.76. The Balaban J connectivity index is 2.06. The van der Waals surface area contributed by atoms with E-state index >= 15 is 0 Å². The highest BCUT2D eigenvalue weighted by Crippen LogP contribution is 2.30. The molecule has 2 atom stereocenters. The van der Waals surface area contributed by atoms with E-state index in [-0.39, 0.29) is 11.5 Å². The van der Waals surface area contributed by atoms with Crippen molar-refractivity contribution in [3.63, 3.8) is 0 Å². The predicted molar refractivity (Wildman–Crippen MR) is 83.1 cm³/mol. The summed E-state index contributed by atoms with van der Waals surface area (Å²) in [7, 11) is 0. The zero-order valence-corrected chi connectivity index (χ0v) is 13.3. The average Bonchev–Trinajstić information content (AvgIpc) is 2.37. The molecule has 0 saturated carbocycles. The van der Waals surface area contributed by atoms with Gasteiger partial charge in [-0.2, -0.15) is 0 Å². The smallest absolute Gasteiger partial charge is 0.0734 e. The minimum absolute atomic E-state index is 0.182. The van der Waals surface area contributed by atoms with E-state index in [4.69, 9.17) is 4.74 Å². The zero-order valence-electron chi connectivity index (χ0n) is 13.3. The van der Waals surface area contributed by atoms with Crippen molar-refractivity contribution in [1.29, 1.82) is 0 Å². The van der Waals surface area contributed by atoms with Crippen LogP contribution in [0.5, 0.6) is 0 Å². The van der Waals surface area contributed by atoms with Gasteiger partial charge < -0.3 is 9.84 Å². The van der Waals surface area contributed by atoms with Gasteiger partial charge in [0.05, 0.1) is 11.7 Å². The molecule has 1 N–H and O–H groups in total. The summed E-state index contributed by atoms with van der Waals surface area (Å²) in [5.74, 6) is 0. The highest BCUT2D eigenvalue weighted by atomic mass is 16.5.